The molecule has 1 saturated heterocycles. The number of hydrogen-bond donors (Lipinski definition) is 5. The summed E-state index contributed by atoms with van der Waals surface area (Å²) >= 11 is 0. The highest BCUT2D eigenvalue weighted by atomic mass is 16.6. The SMILES string of the molecule is CC(C)(C)OC(=O)NCCCOCCNC(=O)CN1CCN(CC(=O)O)CCN(CC(=O)O)CCN(CC(=O)O)CC1. The number of alkyl carbamates (subject to hydrolysis) is 1. The molecular formula is C26H48N6O10. The Labute approximate surface area is 246 Å². The Bertz CT molecular complexity index is 837. The number of carboxylic acid groups (broad SMARTS) is 3. The van der Waals surface area contributed by atoms with Gasteiger partial charge in [-0.05, 0) is 27.2 Å². The maximum atomic E-state index is 12.6. The Balaban J connectivity index is 2.58. The lowest BCUT2D eigenvalue weighted by atomic mass is 10.2. The normalized spacial score (nSPS) is 17.0. The van der Waals surface area contributed by atoms with E-state index in [-0.39, 0.29) is 45.2 Å². The molecule has 1 heterocycles. The van der Waals surface area contributed by atoms with Crippen molar-refractivity contribution in [2.45, 2.75) is 32.8 Å². The Morgan fingerprint density at radius 1 is 0.619 bits per heavy atom. The minimum absolute atomic E-state index is 0.0345. The highest BCUT2D eigenvalue weighted by Crippen LogP contribution is 2.06. The predicted octanol–water partition coefficient (Wildman–Crippen LogP) is -1.49. The second-order valence-corrected chi connectivity index (χ2v) is 11.0. The zero-order valence-corrected chi connectivity index (χ0v) is 25.0. The lowest BCUT2D eigenvalue weighted by Crippen LogP contribution is -2.50. The summed E-state index contributed by atoms with van der Waals surface area (Å²) in [5.74, 6) is -3.29. The van der Waals surface area contributed by atoms with Crippen LogP contribution in [-0.4, -0.2) is 175 Å². The summed E-state index contributed by atoms with van der Waals surface area (Å²) in [6.45, 7) is 8.66. The molecule has 0 atom stereocenters. The molecule has 16 heteroatoms. The van der Waals surface area contributed by atoms with Crippen LogP contribution < -0.4 is 10.6 Å². The van der Waals surface area contributed by atoms with E-state index in [1.165, 1.54) is 0 Å². The molecule has 2 amide bonds. The molecule has 16 nitrogen and oxygen atoms in total. The lowest BCUT2D eigenvalue weighted by Gasteiger charge is -2.32. The van der Waals surface area contributed by atoms with Crippen LogP contribution in [0.2, 0.25) is 0 Å². The number of ether oxygens (including phenoxy) is 2. The average molecular weight is 605 g/mol. The van der Waals surface area contributed by atoms with E-state index in [4.69, 9.17) is 9.47 Å². The number of nitrogens with zero attached hydrogens (tertiary/aromatic N) is 4. The predicted molar refractivity (Wildman–Crippen MR) is 151 cm³/mol. The molecule has 0 aliphatic carbocycles. The van der Waals surface area contributed by atoms with Crippen LogP contribution in [0.3, 0.4) is 0 Å². The molecule has 0 saturated carbocycles. The van der Waals surface area contributed by atoms with E-state index in [0.29, 0.717) is 71.9 Å². The Morgan fingerprint density at radius 3 is 1.40 bits per heavy atom. The first-order chi connectivity index (χ1) is 19.7. The summed E-state index contributed by atoms with van der Waals surface area (Å²) in [5, 5.41) is 33.3. The summed E-state index contributed by atoms with van der Waals surface area (Å²) < 4.78 is 10.7. The quantitative estimate of drug-likeness (QED) is 0.135. The second-order valence-electron chi connectivity index (χ2n) is 11.0. The maximum absolute atomic E-state index is 12.6. The first-order valence-electron chi connectivity index (χ1n) is 14.1. The third kappa shape index (κ3) is 19.9. The summed E-state index contributed by atoms with van der Waals surface area (Å²) in [6, 6.07) is 0. The molecule has 0 aromatic carbocycles. The molecule has 0 bridgehead atoms. The molecule has 1 aliphatic heterocycles. The minimum Gasteiger partial charge on any atom is -0.480 e. The van der Waals surface area contributed by atoms with Crippen LogP contribution in [0.1, 0.15) is 27.2 Å². The van der Waals surface area contributed by atoms with Gasteiger partial charge in [0, 0.05) is 72.1 Å². The van der Waals surface area contributed by atoms with E-state index in [0.717, 1.165) is 0 Å². The van der Waals surface area contributed by atoms with Crippen LogP contribution in [0.5, 0.6) is 0 Å². The molecule has 0 aromatic rings. The average Bonchev–Trinajstić information content (AvgIpc) is 2.85. The monoisotopic (exact) mass is 604 g/mol. The van der Waals surface area contributed by atoms with Gasteiger partial charge < -0.3 is 35.4 Å². The molecule has 0 spiro atoms. The number of carbonyl (C=O) groups excluding carboxylic acids is 2. The van der Waals surface area contributed by atoms with E-state index in [2.05, 4.69) is 10.6 Å². The second kappa shape index (κ2) is 20.0. The summed E-state index contributed by atoms with van der Waals surface area (Å²) in [7, 11) is 0. The Kier molecular flexibility index (Phi) is 17.6. The molecule has 242 valence electrons. The first-order valence-corrected chi connectivity index (χ1v) is 14.1. The number of nitrogens with one attached hydrogen (secondary N) is 2. The third-order valence-corrected chi connectivity index (χ3v) is 6.08. The number of amides is 2. The van der Waals surface area contributed by atoms with E-state index >= 15 is 0 Å². The van der Waals surface area contributed by atoms with Crippen molar-refractivity contribution >= 4 is 29.9 Å². The van der Waals surface area contributed by atoms with Gasteiger partial charge in [-0.2, -0.15) is 0 Å². The van der Waals surface area contributed by atoms with Gasteiger partial charge in [-0.3, -0.25) is 38.8 Å². The van der Waals surface area contributed by atoms with Crippen molar-refractivity contribution in [3.63, 3.8) is 0 Å². The fourth-order valence-corrected chi connectivity index (χ4v) is 4.09. The number of hydrogen-bond acceptors (Lipinski definition) is 11. The van der Waals surface area contributed by atoms with Crippen LogP contribution >= 0.6 is 0 Å². The molecule has 0 radical (unpaired) electrons. The van der Waals surface area contributed by atoms with Crippen LogP contribution in [0.25, 0.3) is 0 Å². The van der Waals surface area contributed by atoms with Crippen LogP contribution in [0, 0.1) is 0 Å². The zero-order valence-electron chi connectivity index (χ0n) is 25.0. The van der Waals surface area contributed by atoms with E-state index in [1.54, 1.807) is 35.5 Å². The molecule has 0 aromatic heterocycles. The molecule has 1 aliphatic rings. The molecule has 1 fully saturated rings. The van der Waals surface area contributed by atoms with Gasteiger partial charge in [-0.25, -0.2) is 4.79 Å². The highest BCUT2D eigenvalue weighted by Gasteiger charge is 2.21. The van der Waals surface area contributed by atoms with Crippen LogP contribution in [0.15, 0.2) is 0 Å². The number of carboxylic acids is 3. The lowest BCUT2D eigenvalue weighted by molar-refractivity contribution is -0.140. The van der Waals surface area contributed by atoms with Gasteiger partial charge in [0.1, 0.15) is 5.60 Å². The molecule has 5 N–H and O–H groups in total. The van der Waals surface area contributed by atoms with Crippen molar-refractivity contribution in [2.75, 3.05) is 105 Å². The minimum atomic E-state index is -1.02. The molecule has 0 unspecified atom stereocenters. The molecule has 1 rings (SSSR count). The van der Waals surface area contributed by atoms with Crippen molar-refractivity contribution in [1.82, 2.24) is 30.2 Å². The van der Waals surface area contributed by atoms with Crippen molar-refractivity contribution in [3.05, 3.63) is 0 Å². The maximum Gasteiger partial charge on any atom is 0.407 e. The summed E-state index contributed by atoms with van der Waals surface area (Å²) in [6.07, 6.45) is 0.0862. The fraction of sp³-hybridized carbons (Fsp3) is 0.808. The van der Waals surface area contributed by atoms with Crippen molar-refractivity contribution in [3.8, 4) is 0 Å². The molecule has 42 heavy (non-hydrogen) atoms. The topological polar surface area (TPSA) is 202 Å². The van der Waals surface area contributed by atoms with Gasteiger partial charge in [-0.1, -0.05) is 0 Å². The van der Waals surface area contributed by atoms with E-state index < -0.39 is 29.6 Å². The van der Waals surface area contributed by atoms with Crippen molar-refractivity contribution in [2.24, 2.45) is 0 Å². The van der Waals surface area contributed by atoms with Gasteiger partial charge in [-0.15, -0.1) is 0 Å². The third-order valence-electron chi connectivity index (χ3n) is 6.08. The summed E-state index contributed by atoms with van der Waals surface area (Å²) in [5.41, 5.74) is -0.566. The van der Waals surface area contributed by atoms with Gasteiger partial charge >= 0.3 is 24.0 Å². The largest absolute Gasteiger partial charge is 0.480 e. The van der Waals surface area contributed by atoms with Crippen LogP contribution in [-0.2, 0) is 28.7 Å². The highest BCUT2D eigenvalue weighted by molar-refractivity contribution is 5.78. The van der Waals surface area contributed by atoms with E-state index in [1.807, 2.05) is 4.90 Å². The van der Waals surface area contributed by atoms with Gasteiger partial charge in [0.25, 0.3) is 0 Å². The fourth-order valence-electron chi connectivity index (χ4n) is 4.09. The Morgan fingerprint density at radius 2 is 1.02 bits per heavy atom. The van der Waals surface area contributed by atoms with Gasteiger partial charge in [0.15, 0.2) is 0 Å². The Hall–Kier alpha value is -3.05. The summed E-state index contributed by atoms with van der Waals surface area (Å²) in [4.78, 5) is 65.2. The number of aliphatic carboxylic acids is 3. The number of rotatable bonds is 15. The molecular weight excluding hydrogens is 556 g/mol. The zero-order chi connectivity index (χ0) is 31.5. The van der Waals surface area contributed by atoms with Gasteiger partial charge in [0.2, 0.25) is 5.91 Å². The van der Waals surface area contributed by atoms with E-state index in [9.17, 15) is 39.3 Å². The van der Waals surface area contributed by atoms with Crippen molar-refractivity contribution in [1.29, 1.82) is 0 Å². The van der Waals surface area contributed by atoms with Crippen molar-refractivity contribution < 1.29 is 48.8 Å². The number of carbonyl (C=O) groups is 5. The first kappa shape index (κ1) is 37.0. The van der Waals surface area contributed by atoms with Gasteiger partial charge in [0.05, 0.1) is 32.8 Å². The van der Waals surface area contributed by atoms with Crippen LogP contribution in [0.4, 0.5) is 4.79 Å². The standard InChI is InChI=1S/C26H48N6O10/c1-26(2,3)42-25(40)28-5-4-15-41-16-6-27-21(33)17-29-7-9-30(18-22(34)35)11-13-32(20-24(38)39)14-12-31(10-8-29)19-23(36)37/h4-20H2,1-3H3,(H,27,33)(H,28,40)(H,34,35)(H,36,37)(H,38,39). The smallest absolute Gasteiger partial charge is 0.407 e.